The molecule has 112 valence electrons. The van der Waals surface area contributed by atoms with Crippen molar-refractivity contribution in [3.8, 4) is 0 Å². The molecular weight excluding hydrogens is 252 g/mol. The normalized spacial score (nSPS) is 12.3. The minimum Gasteiger partial charge on any atom is -0.388 e. The molecule has 20 heavy (non-hydrogen) atoms. The molecule has 0 aliphatic rings. The van der Waals surface area contributed by atoms with Crippen molar-refractivity contribution in [3.05, 3.63) is 29.8 Å². The quantitative estimate of drug-likeness (QED) is 0.805. The van der Waals surface area contributed by atoms with Crippen molar-refractivity contribution in [1.29, 1.82) is 0 Å². The molecule has 0 saturated carbocycles. The molecule has 4 heteroatoms. The van der Waals surface area contributed by atoms with Crippen LogP contribution in [0.2, 0.25) is 0 Å². The number of nitrogens with one attached hydrogen (secondary N) is 1. The van der Waals surface area contributed by atoms with Crippen molar-refractivity contribution >= 4 is 11.6 Å². The Kier molecular flexibility index (Phi) is 6.52. The Balaban J connectivity index is 2.55. The van der Waals surface area contributed by atoms with Gasteiger partial charge in [0.25, 0.3) is 0 Å². The maximum atomic E-state index is 11.8. The lowest BCUT2D eigenvalue weighted by atomic mass is 10.1. The van der Waals surface area contributed by atoms with E-state index in [0.717, 1.165) is 11.3 Å². The maximum absolute atomic E-state index is 11.8. The van der Waals surface area contributed by atoms with E-state index in [-0.39, 0.29) is 5.91 Å². The van der Waals surface area contributed by atoms with Gasteiger partial charge in [-0.25, -0.2) is 0 Å². The van der Waals surface area contributed by atoms with Crippen LogP contribution in [0.4, 0.5) is 5.69 Å². The highest BCUT2D eigenvalue weighted by molar-refractivity contribution is 5.81. The first-order chi connectivity index (χ1) is 9.43. The first-order valence-corrected chi connectivity index (χ1v) is 7.19. The fraction of sp³-hybridized carbons (Fsp3) is 0.562. The number of hydrogen-bond acceptors (Lipinski definition) is 3. The van der Waals surface area contributed by atoms with Gasteiger partial charge in [-0.15, -0.1) is 0 Å². The van der Waals surface area contributed by atoms with E-state index >= 15 is 0 Å². The number of anilines is 1. The number of rotatable bonds is 7. The molecule has 0 spiro atoms. The van der Waals surface area contributed by atoms with E-state index in [1.807, 2.05) is 43.1 Å². The summed E-state index contributed by atoms with van der Waals surface area (Å²) in [6.45, 7) is 7.13. The van der Waals surface area contributed by atoms with E-state index in [0.29, 0.717) is 25.4 Å². The molecule has 1 amide bonds. The molecule has 4 nitrogen and oxygen atoms in total. The monoisotopic (exact) mass is 278 g/mol. The summed E-state index contributed by atoms with van der Waals surface area (Å²) in [5.41, 5.74) is 1.88. The van der Waals surface area contributed by atoms with Crippen LogP contribution in [-0.4, -0.2) is 31.2 Å². The Hall–Kier alpha value is -1.55. The Labute approximate surface area is 121 Å². The number of hydrogen-bond donors (Lipinski definition) is 2. The summed E-state index contributed by atoms with van der Waals surface area (Å²) < 4.78 is 0. The van der Waals surface area contributed by atoms with Gasteiger partial charge in [0.05, 0.1) is 12.6 Å². The van der Waals surface area contributed by atoms with Gasteiger partial charge >= 0.3 is 0 Å². The molecule has 0 aliphatic carbocycles. The molecule has 0 aliphatic heterocycles. The van der Waals surface area contributed by atoms with E-state index in [1.165, 1.54) is 0 Å². The van der Waals surface area contributed by atoms with Crippen LogP contribution in [-0.2, 0) is 4.79 Å². The zero-order valence-corrected chi connectivity index (χ0v) is 12.9. The lowest BCUT2D eigenvalue weighted by Gasteiger charge is -2.20. The molecule has 0 bridgehead atoms. The van der Waals surface area contributed by atoms with Crippen LogP contribution in [0.15, 0.2) is 24.3 Å². The number of aliphatic hydroxyl groups is 1. The Morgan fingerprint density at radius 3 is 2.40 bits per heavy atom. The van der Waals surface area contributed by atoms with Crippen LogP contribution in [0.3, 0.4) is 0 Å². The van der Waals surface area contributed by atoms with Gasteiger partial charge in [-0.3, -0.25) is 4.79 Å². The van der Waals surface area contributed by atoms with Gasteiger partial charge < -0.3 is 15.3 Å². The van der Waals surface area contributed by atoms with Crippen LogP contribution in [0.5, 0.6) is 0 Å². The minimum absolute atomic E-state index is 0.0267. The highest BCUT2D eigenvalue weighted by Gasteiger charge is 2.09. The zero-order chi connectivity index (χ0) is 15.1. The summed E-state index contributed by atoms with van der Waals surface area (Å²) in [5, 5.41) is 12.6. The SMILES string of the molecule is CC[C@@H](O)c1ccc(N(C)CC(=O)NCC(C)C)cc1. The molecule has 2 N–H and O–H groups in total. The van der Waals surface area contributed by atoms with E-state index < -0.39 is 6.10 Å². The summed E-state index contributed by atoms with van der Waals surface area (Å²) in [5.74, 6) is 0.484. The van der Waals surface area contributed by atoms with E-state index in [9.17, 15) is 9.90 Å². The van der Waals surface area contributed by atoms with Gasteiger partial charge in [-0.2, -0.15) is 0 Å². The summed E-state index contributed by atoms with van der Waals surface area (Å²) in [7, 11) is 1.89. The first-order valence-electron chi connectivity index (χ1n) is 7.19. The molecule has 0 saturated heterocycles. The lowest BCUT2D eigenvalue weighted by Crippen LogP contribution is -2.36. The second-order valence-electron chi connectivity index (χ2n) is 5.57. The second kappa shape index (κ2) is 7.90. The van der Waals surface area contributed by atoms with Crippen LogP contribution < -0.4 is 10.2 Å². The number of nitrogens with zero attached hydrogens (tertiary/aromatic N) is 1. The standard InChI is InChI=1S/C16H26N2O2/c1-5-15(19)13-6-8-14(9-7-13)18(4)11-16(20)17-10-12(2)3/h6-9,12,15,19H,5,10-11H2,1-4H3,(H,17,20)/t15-/m1/s1. The molecule has 0 heterocycles. The predicted octanol–water partition coefficient (Wildman–Crippen LogP) is 2.34. The number of amides is 1. The molecule has 1 aromatic carbocycles. The van der Waals surface area contributed by atoms with Crippen LogP contribution in [0.1, 0.15) is 38.9 Å². The molecule has 1 atom stereocenters. The van der Waals surface area contributed by atoms with E-state index in [2.05, 4.69) is 19.2 Å². The smallest absolute Gasteiger partial charge is 0.239 e. The number of carbonyl (C=O) groups is 1. The summed E-state index contributed by atoms with van der Waals surface area (Å²) >= 11 is 0. The number of benzene rings is 1. The average molecular weight is 278 g/mol. The van der Waals surface area contributed by atoms with Crippen LogP contribution >= 0.6 is 0 Å². The van der Waals surface area contributed by atoms with Gasteiger partial charge in [-0.1, -0.05) is 32.9 Å². The predicted molar refractivity (Wildman–Crippen MR) is 82.8 cm³/mol. The maximum Gasteiger partial charge on any atom is 0.239 e. The van der Waals surface area contributed by atoms with Crippen LogP contribution in [0.25, 0.3) is 0 Å². The summed E-state index contributed by atoms with van der Waals surface area (Å²) in [4.78, 5) is 13.7. The third-order valence-electron chi connectivity index (χ3n) is 3.19. The Morgan fingerprint density at radius 2 is 1.90 bits per heavy atom. The van der Waals surface area contributed by atoms with Gasteiger partial charge in [0.15, 0.2) is 0 Å². The van der Waals surface area contributed by atoms with Crippen LogP contribution in [0, 0.1) is 5.92 Å². The Bertz CT molecular complexity index is 415. The minimum atomic E-state index is -0.413. The first kappa shape index (κ1) is 16.5. The average Bonchev–Trinajstić information content (AvgIpc) is 2.44. The molecule has 0 fully saturated rings. The summed E-state index contributed by atoms with van der Waals surface area (Å²) in [6, 6.07) is 7.69. The van der Waals surface area contributed by atoms with Crippen molar-refractivity contribution < 1.29 is 9.90 Å². The molecule has 0 radical (unpaired) electrons. The van der Waals surface area contributed by atoms with Gasteiger partial charge in [-0.05, 0) is 30.0 Å². The van der Waals surface area contributed by atoms with Crippen molar-refractivity contribution in [2.75, 3.05) is 25.0 Å². The largest absolute Gasteiger partial charge is 0.388 e. The topological polar surface area (TPSA) is 52.6 Å². The van der Waals surface area contributed by atoms with Gasteiger partial charge in [0, 0.05) is 19.3 Å². The van der Waals surface area contributed by atoms with Crippen molar-refractivity contribution in [2.45, 2.75) is 33.3 Å². The van der Waals surface area contributed by atoms with Gasteiger partial charge in [0.2, 0.25) is 5.91 Å². The van der Waals surface area contributed by atoms with Gasteiger partial charge in [0.1, 0.15) is 0 Å². The Morgan fingerprint density at radius 1 is 1.30 bits per heavy atom. The zero-order valence-electron chi connectivity index (χ0n) is 12.9. The molecular formula is C16H26N2O2. The van der Waals surface area contributed by atoms with Crippen molar-refractivity contribution in [2.24, 2.45) is 5.92 Å². The third-order valence-corrected chi connectivity index (χ3v) is 3.19. The fourth-order valence-corrected chi connectivity index (χ4v) is 1.87. The van der Waals surface area contributed by atoms with Crippen molar-refractivity contribution in [1.82, 2.24) is 5.32 Å². The van der Waals surface area contributed by atoms with E-state index in [1.54, 1.807) is 0 Å². The number of carbonyl (C=O) groups excluding carboxylic acids is 1. The fourth-order valence-electron chi connectivity index (χ4n) is 1.87. The highest BCUT2D eigenvalue weighted by atomic mass is 16.3. The highest BCUT2D eigenvalue weighted by Crippen LogP contribution is 2.20. The summed E-state index contributed by atoms with van der Waals surface area (Å²) in [6.07, 6.45) is 0.288. The second-order valence-corrected chi connectivity index (χ2v) is 5.57. The number of likely N-dealkylation sites (N-methyl/N-ethyl adjacent to an activating group) is 1. The van der Waals surface area contributed by atoms with Crippen molar-refractivity contribution in [3.63, 3.8) is 0 Å². The van der Waals surface area contributed by atoms with E-state index in [4.69, 9.17) is 0 Å². The third kappa shape index (κ3) is 5.21. The molecule has 0 aromatic heterocycles. The molecule has 0 unspecified atom stereocenters. The lowest BCUT2D eigenvalue weighted by molar-refractivity contribution is -0.119. The molecule has 1 rings (SSSR count). The molecule has 1 aromatic rings. The number of aliphatic hydroxyl groups excluding tert-OH is 1.